The van der Waals surface area contributed by atoms with E-state index < -0.39 is 0 Å². The number of carbonyl (C=O) groups excluding carboxylic acids is 1. The van der Waals surface area contributed by atoms with Crippen molar-refractivity contribution >= 4 is 5.91 Å². The fourth-order valence-electron chi connectivity index (χ4n) is 2.35. The number of aliphatic hydroxyl groups excluding tert-OH is 1. The molecular formula is C15H22N2O2. The molecule has 1 aromatic carbocycles. The van der Waals surface area contributed by atoms with E-state index in [4.69, 9.17) is 5.11 Å². The zero-order chi connectivity index (χ0) is 13.8. The summed E-state index contributed by atoms with van der Waals surface area (Å²) in [6.07, 6.45) is 0.961. The van der Waals surface area contributed by atoms with Crippen molar-refractivity contribution in [3.63, 3.8) is 0 Å². The number of hydrogen-bond donors (Lipinski definition) is 3. The van der Waals surface area contributed by atoms with Gasteiger partial charge in [0, 0.05) is 19.2 Å². The molecule has 0 spiro atoms. The van der Waals surface area contributed by atoms with Crippen molar-refractivity contribution in [3.05, 3.63) is 35.4 Å². The summed E-state index contributed by atoms with van der Waals surface area (Å²) in [5, 5.41) is 15.4. The van der Waals surface area contributed by atoms with Crippen LogP contribution in [0.15, 0.2) is 24.3 Å². The third kappa shape index (κ3) is 3.14. The van der Waals surface area contributed by atoms with E-state index in [-0.39, 0.29) is 30.5 Å². The van der Waals surface area contributed by atoms with Gasteiger partial charge in [0.05, 0.1) is 0 Å². The topological polar surface area (TPSA) is 61.4 Å². The second-order valence-corrected chi connectivity index (χ2v) is 5.29. The van der Waals surface area contributed by atoms with E-state index in [2.05, 4.69) is 16.7 Å². The summed E-state index contributed by atoms with van der Waals surface area (Å²) in [5.74, 6) is 0.0442. The summed E-state index contributed by atoms with van der Waals surface area (Å²) in [6.45, 7) is 4.75. The molecule has 3 N–H and O–H groups in total. The molecule has 0 saturated carbocycles. The Morgan fingerprint density at radius 2 is 2.21 bits per heavy atom. The minimum atomic E-state index is -0.279. The van der Waals surface area contributed by atoms with Crippen LogP contribution in [0.1, 0.15) is 31.0 Å². The molecule has 1 amide bonds. The van der Waals surface area contributed by atoms with Gasteiger partial charge < -0.3 is 15.7 Å². The average molecular weight is 262 g/mol. The van der Waals surface area contributed by atoms with E-state index in [0.29, 0.717) is 0 Å². The standard InChI is InChI=1S/C15H22N2O2/c1-10(9-18)11(2)17-15(19)14-13-6-4-3-5-12(13)7-8-16-14/h3-6,10-11,14,16,18H,7-9H2,1-2H3,(H,17,19). The smallest absolute Gasteiger partial charge is 0.241 e. The van der Waals surface area contributed by atoms with Gasteiger partial charge in [-0.2, -0.15) is 0 Å². The number of rotatable bonds is 4. The van der Waals surface area contributed by atoms with Crippen LogP contribution in [0.5, 0.6) is 0 Å². The average Bonchev–Trinajstić information content (AvgIpc) is 2.45. The Balaban J connectivity index is 2.09. The van der Waals surface area contributed by atoms with Gasteiger partial charge in [-0.1, -0.05) is 31.2 Å². The lowest BCUT2D eigenvalue weighted by atomic mass is 9.93. The van der Waals surface area contributed by atoms with Crippen molar-refractivity contribution in [1.29, 1.82) is 0 Å². The fraction of sp³-hybridized carbons (Fsp3) is 0.533. The second kappa shape index (κ2) is 6.17. The largest absolute Gasteiger partial charge is 0.396 e. The highest BCUT2D eigenvalue weighted by atomic mass is 16.3. The number of benzene rings is 1. The maximum Gasteiger partial charge on any atom is 0.241 e. The molecule has 4 heteroatoms. The third-order valence-electron chi connectivity index (χ3n) is 3.88. The molecule has 0 aliphatic carbocycles. The van der Waals surface area contributed by atoms with Gasteiger partial charge in [0.25, 0.3) is 0 Å². The zero-order valence-corrected chi connectivity index (χ0v) is 11.5. The van der Waals surface area contributed by atoms with E-state index in [1.165, 1.54) is 5.56 Å². The molecule has 4 nitrogen and oxygen atoms in total. The predicted molar refractivity (Wildman–Crippen MR) is 74.7 cm³/mol. The van der Waals surface area contributed by atoms with Crippen LogP contribution < -0.4 is 10.6 Å². The van der Waals surface area contributed by atoms with Gasteiger partial charge in [0.2, 0.25) is 5.91 Å². The molecule has 0 radical (unpaired) electrons. The molecule has 3 unspecified atom stereocenters. The Morgan fingerprint density at radius 3 is 2.95 bits per heavy atom. The molecule has 1 aromatic rings. The minimum Gasteiger partial charge on any atom is -0.396 e. The van der Waals surface area contributed by atoms with Gasteiger partial charge in [-0.05, 0) is 30.4 Å². The summed E-state index contributed by atoms with van der Waals surface area (Å²) >= 11 is 0. The highest BCUT2D eigenvalue weighted by Crippen LogP contribution is 2.22. The van der Waals surface area contributed by atoms with E-state index in [1.807, 2.05) is 32.0 Å². The SMILES string of the molecule is CC(CO)C(C)NC(=O)C1NCCc2ccccc21. The number of hydrogen-bond acceptors (Lipinski definition) is 3. The van der Waals surface area contributed by atoms with Crippen LogP contribution in [0.3, 0.4) is 0 Å². The summed E-state index contributed by atoms with van der Waals surface area (Å²) in [5.41, 5.74) is 2.30. The number of fused-ring (bicyclic) bond motifs is 1. The van der Waals surface area contributed by atoms with Crippen LogP contribution in [-0.4, -0.2) is 30.2 Å². The van der Waals surface area contributed by atoms with Gasteiger partial charge in [-0.15, -0.1) is 0 Å². The van der Waals surface area contributed by atoms with Crippen molar-refractivity contribution in [2.45, 2.75) is 32.4 Å². The Morgan fingerprint density at radius 1 is 1.47 bits per heavy atom. The zero-order valence-electron chi connectivity index (χ0n) is 11.5. The number of carbonyl (C=O) groups is 1. The second-order valence-electron chi connectivity index (χ2n) is 5.29. The molecule has 1 aliphatic heterocycles. The number of nitrogens with one attached hydrogen (secondary N) is 2. The van der Waals surface area contributed by atoms with Gasteiger partial charge in [-0.3, -0.25) is 4.79 Å². The maximum atomic E-state index is 12.3. The lowest BCUT2D eigenvalue weighted by molar-refractivity contribution is -0.124. The molecular weight excluding hydrogens is 240 g/mol. The molecule has 19 heavy (non-hydrogen) atoms. The van der Waals surface area contributed by atoms with Crippen molar-refractivity contribution in [1.82, 2.24) is 10.6 Å². The predicted octanol–water partition coefficient (Wildman–Crippen LogP) is 1.01. The van der Waals surface area contributed by atoms with Crippen LogP contribution in [-0.2, 0) is 11.2 Å². The molecule has 0 bridgehead atoms. The highest BCUT2D eigenvalue weighted by Gasteiger charge is 2.27. The first-order valence-electron chi connectivity index (χ1n) is 6.86. The summed E-state index contributed by atoms with van der Waals surface area (Å²) in [7, 11) is 0. The monoisotopic (exact) mass is 262 g/mol. The molecule has 0 saturated heterocycles. The highest BCUT2D eigenvalue weighted by molar-refractivity contribution is 5.84. The molecule has 2 rings (SSSR count). The summed E-state index contributed by atoms with van der Waals surface area (Å²) < 4.78 is 0. The van der Waals surface area contributed by atoms with E-state index >= 15 is 0 Å². The Kier molecular flexibility index (Phi) is 4.56. The Hall–Kier alpha value is -1.39. The van der Waals surface area contributed by atoms with Crippen LogP contribution in [0.2, 0.25) is 0 Å². The lowest BCUT2D eigenvalue weighted by Crippen LogP contribution is -2.46. The van der Waals surface area contributed by atoms with Crippen LogP contribution >= 0.6 is 0 Å². The normalized spacial score (nSPS) is 21.3. The minimum absolute atomic E-state index is 0.0139. The van der Waals surface area contributed by atoms with Gasteiger partial charge in [0.1, 0.15) is 6.04 Å². The van der Waals surface area contributed by atoms with Gasteiger partial charge in [0.15, 0.2) is 0 Å². The van der Waals surface area contributed by atoms with E-state index in [0.717, 1.165) is 18.5 Å². The molecule has 3 atom stereocenters. The number of aliphatic hydroxyl groups is 1. The first-order chi connectivity index (χ1) is 9.13. The van der Waals surface area contributed by atoms with Gasteiger partial charge >= 0.3 is 0 Å². The quantitative estimate of drug-likeness (QED) is 0.759. The molecule has 1 heterocycles. The molecule has 1 aliphatic rings. The molecule has 104 valence electrons. The van der Waals surface area contributed by atoms with Crippen LogP contribution in [0.4, 0.5) is 0 Å². The van der Waals surface area contributed by atoms with Crippen LogP contribution in [0, 0.1) is 5.92 Å². The van der Waals surface area contributed by atoms with Crippen molar-refractivity contribution in [3.8, 4) is 0 Å². The summed E-state index contributed by atoms with van der Waals surface area (Å²) in [4.78, 5) is 12.3. The first-order valence-corrected chi connectivity index (χ1v) is 6.86. The molecule has 0 fully saturated rings. The Labute approximate surface area is 114 Å². The fourth-order valence-corrected chi connectivity index (χ4v) is 2.35. The van der Waals surface area contributed by atoms with Crippen molar-refractivity contribution in [2.75, 3.05) is 13.2 Å². The maximum absolute atomic E-state index is 12.3. The van der Waals surface area contributed by atoms with E-state index in [9.17, 15) is 4.79 Å². The van der Waals surface area contributed by atoms with Crippen molar-refractivity contribution < 1.29 is 9.90 Å². The van der Waals surface area contributed by atoms with E-state index in [1.54, 1.807) is 0 Å². The van der Waals surface area contributed by atoms with Crippen molar-refractivity contribution in [2.24, 2.45) is 5.92 Å². The number of amides is 1. The van der Waals surface area contributed by atoms with Gasteiger partial charge in [-0.25, -0.2) is 0 Å². The first kappa shape index (κ1) is 14.0. The third-order valence-corrected chi connectivity index (χ3v) is 3.88. The molecule has 0 aromatic heterocycles. The Bertz CT molecular complexity index is 448. The van der Waals surface area contributed by atoms with Crippen LogP contribution in [0.25, 0.3) is 0 Å². The summed E-state index contributed by atoms with van der Waals surface area (Å²) in [6, 6.07) is 7.75. The lowest BCUT2D eigenvalue weighted by Gasteiger charge is -2.28.